The van der Waals surface area contributed by atoms with E-state index in [1.54, 1.807) is 42.5 Å². The van der Waals surface area contributed by atoms with Gasteiger partial charge in [0.1, 0.15) is 11.3 Å². The highest BCUT2D eigenvalue weighted by Gasteiger charge is 2.24. The minimum atomic E-state index is -0.555. The molecule has 140 valence electrons. The molecule has 27 heavy (non-hydrogen) atoms. The fraction of sp³-hybridized carbons (Fsp3) is 0.300. The molecule has 1 aromatic heterocycles. The highest BCUT2D eigenvalue weighted by molar-refractivity contribution is 5.77. The van der Waals surface area contributed by atoms with Crippen molar-refractivity contribution in [1.82, 2.24) is 20.3 Å². The predicted molar refractivity (Wildman–Crippen MR) is 101 cm³/mol. The number of halogens is 1. The third-order valence-corrected chi connectivity index (χ3v) is 4.51. The van der Waals surface area contributed by atoms with Crippen molar-refractivity contribution >= 4 is 16.8 Å². The molecule has 0 spiro atoms. The predicted octanol–water partition coefficient (Wildman–Crippen LogP) is 2.41. The number of rotatable bonds is 6. The van der Waals surface area contributed by atoms with E-state index in [0.717, 1.165) is 0 Å². The Bertz CT molecular complexity index is 1030. The van der Waals surface area contributed by atoms with Gasteiger partial charge in [0, 0.05) is 18.4 Å². The Balaban J connectivity index is 1.61. The molecule has 1 N–H and O–H groups in total. The van der Waals surface area contributed by atoms with E-state index in [2.05, 4.69) is 15.6 Å². The van der Waals surface area contributed by atoms with E-state index in [4.69, 9.17) is 0 Å². The summed E-state index contributed by atoms with van der Waals surface area (Å²) in [6, 6.07) is 13.5. The number of fused-ring (bicyclic) bond motifs is 1. The fourth-order valence-corrected chi connectivity index (χ4v) is 2.89. The maximum Gasteiger partial charge on any atom is 0.277 e. The van der Waals surface area contributed by atoms with Gasteiger partial charge < -0.3 is 5.32 Å². The van der Waals surface area contributed by atoms with Crippen LogP contribution in [0.2, 0.25) is 0 Å². The lowest BCUT2D eigenvalue weighted by molar-refractivity contribution is -0.121. The van der Waals surface area contributed by atoms with Crippen LogP contribution in [-0.2, 0) is 16.8 Å². The molecule has 7 heteroatoms. The van der Waals surface area contributed by atoms with Crippen LogP contribution in [0.25, 0.3) is 10.9 Å². The number of nitrogens with zero attached hydrogens (tertiary/aromatic N) is 3. The smallest absolute Gasteiger partial charge is 0.277 e. The number of hydrogen-bond acceptors (Lipinski definition) is 4. The Morgan fingerprint density at radius 2 is 1.85 bits per heavy atom. The SMILES string of the molecule is CC(C)(CNC(=O)CCn1nnc2ccccc2c1=O)c1ccccc1F. The van der Waals surface area contributed by atoms with Gasteiger partial charge in [-0.3, -0.25) is 9.59 Å². The first-order valence-corrected chi connectivity index (χ1v) is 8.73. The second-order valence-electron chi connectivity index (χ2n) is 7.03. The third-order valence-electron chi connectivity index (χ3n) is 4.51. The van der Waals surface area contributed by atoms with Gasteiger partial charge >= 0.3 is 0 Å². The van der Waals surface area contributed by atoms with Crippen molar-refractivity contribution in [3.05, 3.63) is 70.3 Å². The van der Waals surface area contributed by atoms with Gasteiger partial charge in [-0.2, -0.15) is 0 Å². The summed E-state index contributed by atoms with van der Waals surface area (Å²) in [5.74, 6) is -0.531. The number of carbonyl (C=O) groups is 1. The second-order valence-corrected chi connectivity index (χ2v) is 7.03. The molecule has 1 amide bonds. The highest BCUT2D eigenvalue weighted by Crippen LogP contribution is 2.24. The topological polar surface area (TPSA) is 76.9 Å². The molecule has 0 aliphatic rings. The van der Waals surface area contributed by atoms with E-state index >= 15 is 0 Å². The molecule has 0 atom stereocenters. The quantitative estimate of drug-likeness (QED) is 0.725. The van der Waals surface area contributed by atoms with Gasteiger partial charge in [0.05, 0.1) is 11.9 Å². The van der Waals surface area contributed by atoms with E-state index in [9.17, 15) is 14.0 Å². The lowest BCUT2D eigenvalue weighted by Crippen LogP contribution is -2.38. The van der Waals surface area contributed by atoms with Gasteiger partial charge in [0.15, 0.2) is 0 Å². The molecular weight excluding hydrogens is 347 g/mol. The second kappa shape index (κ2) is 7.65. The van der Waals surface area contributed by atoms with Crippen LogP contribution in [0.15, 0.2) is 53.3 Å². The summed E-state index contributed by atoms with van der Waals surface area (Å²) in [6.45, 7) is 4.14. The molecule has 6 nitrogen and oxygen atoms in total. The molecule has 0 aliphatic heterocycles. The summed E-state index contributed by atoms with van der Waals surface area (Å²) < 4.78 is 15.2. The van der Waals surface area contributed by atoms with Gasteiger partial charge in [-0.05, 0) is 23.8 Å². The van der Waals surface area contributed by atoms with E-state index < -0.39 is 5.41 Å². The van der Waals surface area contributed by atoms with Crippen LogP contribution in [0.3, 0.4) is 0 Å². The standard InChI is InChI=1S/C20H21FN4O2/c1-20(2,15-8-4-5-9-16(15)21)13-22-18(26)11-12-25-19(27)14-7-3-6-10-17(14)23-24-25/h3-10H,11-13H2,1-2H3,(H,22,26). The molecule has 0 saturated carbocycles. The number of aromatic nitrogens is 3. The monoisotopic (exact) mass is 368 g/mol. The molecular formula is C20H21FN4O2. The first kappa shape index (κ1) is 18.7. The molecule has 0 fully saturated rings. The van der Waals surface area contributed by atoms with Crippen molar-refractivity contribution in [2.45, 2.75) is 32.2 Å². The van der Waals surface area contributed by atoms with Gasteiger partial charge in [0.25, 0.3) is 5.56 Å². The average Bonchev–Trinajstić information content (AvgIpc) is 2.66. The maximum atomic E-state index is 14.0. The number of aryl methyl sites for hydroxylation is 1. The zero-order valence-electron chi connectivity index (χ0n) is 15.3. The van der Waals surface area contributed by atoms with E-state index in [0.29, 0.717) is 16.5 Å². The van der Waals surface area contributed by atoms with Gasteiger partial charge in [-0.15, -0.1) is 5.10 Å². The first-order chi connectivity index (χ1) is 12.9. The van der Waals surface area contributed by atoms with Crippen LogP contribution < -0.4 is 10.9 Å². The van der Waals surface area contributed by atoms with Crippen LogP contribution in [0, 0.1) is 5.82 Å². The van der Waals surface area contributed by atoms with Crippen molar-refractivity contribution in [3.63, 3.8) is 0 Å². The number of hydrogen-bond donors (Lipinski definition) is 1. The lowest BCUT2D eigenvalue weighted by atomic mass is 9.84. The summed E-state index contributed by atoms with van der Waals surface area (Å²) in [4.78, 5) is 24.6. The number of nitrogens with one attached hydrogen (secondary N) is 1. The first-order valence-electron chi connectivity index (χ1n) is 8.73. The molecule has 0 aliphatic carbocycles. The van der Waals surface area contributed by atoms with Crippen molar-refractivity contribution in [3.8, 4) is 0 Å². The molecule has 0 bridgehead atoms. The van der Waals surface area contributed by atoms with Gasteiger partial charge in [0.2, 0.25) is 5.91 Å². The summed E-state index contributed by atoms with van der Waals surface area (Å²) in [6.07, 6.45) is 0.0836. The fourth-order valence-electron chi connectivity index (χ4n) is 2.89. The largest absolute Gasteiger partial charge is 0.355 e. The Morgan fingerprint density at radius 1 is 1.15 bits per heavy atom. The van der Waals surface area contributed by atoms with Crippen LogP contribution in [-0.4, -0.2) is 27.4 Å². The van der Waals surface area contributed by atoms with Gasteiger partial charge in [-0.1, -0.05) is 49.4 Å². The highest BCUT2D eigenvalue weighted by atomic mass is 19.1. The minimum Gasteiger partial charge on any atom is -0.355 e. The summed E-state index contributed by atoms with van der Waals surface area (Å²) in [7, 11) is 0. The van der Waals surface area contributed by atoms with Crippen molar-refractivity contribution in [2.75, 3.05) is 6.54 Å². The summed E-state index contributed by atoms with van der Waals surface area (Å²) in [5, 5.41) is 11.1. The van der Waals surface area contributed by atoms with Crippen LogP contribution in [0.5, 0.6) is 0 Å². The zero-order valence-corrected chi connectivity index (χ0v) is 15.3. The Hall–Kier alpha value is -3.09. The Labute approximate surface area is 156 Å². The average molecular weight is 368 g/mol. The molecule has 0 radical (unpaired) electrons. The Kier molecular flexibility index (Phi) is 5.30. The maximum absolute atomic E-state index is 14.0. The molecule has 0 unspecified atom stereocenters. The summed E-state index contributed by atoms with van der Waals surface area (Å²) in [5.41, 5.74) is 0.234. The zero-order chi connectivity index (χ0) is 19.4. The Morgan fingerprint density at radius 3 is 2.63 bits per heavy atom. The van der Waals surface area contributed by atoms with Gasteiger partial charge in [-0.25, -0.2) is 9.07 Å². The lowest BCUT2D eigenvalue weighted by Gasteiger charge is -2.26. The molecule has 3 aromatic rings. The molecule has 3 rings (SSSR count). The molecule has 2 aromatic carbocycles. The molecule has 0 saturated heterocycles. The number of benzene rings is 2. The van der Waals surface area contributed by atoms with Crippen LogP contribution in [0.1, 0.15) is 25.8 Å². The molecule has 1 heterocycles. The number of carbonyl (C=O) groups excluding carboxylic acids is 1. The van der Waals surface area contributed by atoms with E-state index in [1.165, 1.54) is 10.7 Å². The van der Waals surface area contributed by atoms with Crippen LogP contribution in [0.4, 0.5) is 4.39 Å². The van der Waals surface area contributed by atoms with E-state index in [1.807, 2.05) is 13.8 Å². The van der Waals surface area contributed by atoms with Crippen molar-refractivity contribution in [2.24, 2.45) is 0 Å². The van der Waals surface area contributed by atoms with Crippen molar-refractivity contribution < 1.29 is 9.18 Å². The van der Waals surface area contributed by atoms with E-state index in [-0.39, 0.29) is 36.8 Å². The minimum absolute atomic E-state index is 0.0836. The number of amides is 1. The summed E-state index contributed by atoms with van der Waals surface area (Å²) >= 11 is 0. The normalized spacial score (nSPS) is 11.5. The third kappa shape index (κ3) is 4.19. The van der Waals surface area contributed by atoms with Crippen LogP contribution >= 0.6 is 0 Å². The van der Waals surface area contributed by atoms with Crippen molar-refractivity contribution in [1.29, 1.82) is 0 Å².